The van der Waals surface area contributed by atoms with Gasteiger partial charge in [0.1, 0.15) is 11.6 Å². The lowest BCUT2D eigenvalue weighted by molar-refractivity contribution is -0.116. The number of aromatic hydroxyl groups is 1. The fourth-order valence-electron chi connectivity index (χ4n) is 2.51. The third kappa shape index (κ3) is 2.23. The van der Waals surface area contributed by atoms with Crippen molar-refractivity contribution in [2.45, 2.75) is 12.3 Å². The van der Waals surface area contributed by atoms with E-state index in [1.807, 2.05) is 0 Å². The van der Waals surface area contributed by atoms with E-state index in [0.29, 0.717) is 16.3 Å². The number of anilines is 1. The standard InChI is InChI=1S/C15H11ClFNO2/c16-13-5-8(17)1-3-10(13)12-7-15(20)18-14-6-9(19)2-4-11(12)14/h1-6,12,19H,7H2,(H,18,20). The number of amides is 1. The average molecular weight is 292 g/mol. The van der Waals surface area contributed by atoms with E-state index < -0.39 is 5.82 Å². The monoisotopic (exact) mass is 291 g/mol. The lowest BCUT2D eigenvalue weighted by atomic mass is 9.84. The minimum atomic E-state index is -0.412. The van der Waals surface area contributed by atoms with Gasteiger partial charge in [0.15, 0.2) is 0 Å². The summed E-state index contributed by atoms with van der Waals surface area (Å²) in [7, 11) is 0. The minimum absolute atomic E-state index is 0.0786. The number of hydrogen-bond donors (Lipinski definition) is 2. The largest absolute Gasteiger partial charge is 0.508 e. The van der Waals surface area contributed by atoms with Gasteiger partial charge in [-0.05, 0) is 29.3 Å². The van der Waals surface area contributed by atoms with Crippen molar-refractivity contribution >= 4 is 23.2 Å². The number of fused-ring (bicyclic) bond motifs is 1. The molecule has 0 aliphatic carbocycles. The number of nitrogens with one attached hydrogen (secondary N) is 1. The van der Waals surface area contributed by atoms with Crippen molar-refractivity contribution < 1.29 is 14.3 Å². The molecule has 1 aliphatic rings. The predicted octanol–water partition coefficient (Wildman–Crippen LogP) is 3.66. The Balaban J connectivity index is 2.13. The van der Waals surface area contributed by atoms with Crippen LogP contribution in [0.5, 0.6) is 5.75 Å². The first kappa shape index (κ1) is 12.9. The van der Waals surface area contributed by atoms with Crippen LogP contribution in [0.2, 0.25) is 5.02 Å². The molecule has 0 saturated heterocycles. The summed E-state index contributed by atoms with van der Waals surface area (Å²) in [5, 5.41) is 12.5. The molecule has 0 saturated carbocycles. The first-order valence-corrected chi connectivity index (χ1v) is 6.50. The molecule has 0 spiro atoms. The van der Waals surface area contributed by atoms with Crippen molar-refractivity contribution in [3.63, 3.8) is 0 Å². The van der Waals surface area contributed by atoms with Crippen molar-refractivity contribution in [3.8, 4) is 5.75 Å². The van der Waals surface area contributed by atoms with E-state index in [4.69, 9.17) is 11.6 Å². The van der Waals surface area contributed by atoms with Crippen LogP contribution < -0.4 is 5.32 Å². The molecular weight excluding hydrogens is 281 g/mol. The maximum atomic E-state index is 13.1. The van der Waals surface area contributed by atoms with E-state index in [-0.39, 0.29) is 24.0 Å². The van der Waals surface area contributed by atoms with E-state index >= 15 is 0 Å². The lowest BCUT2D eigenvalue weighted by Crippen LogP contribution is -2.23. The summed E-state index contributed by atoms with van der Waals surface area (Å²) in [6, 6.07) is 8.96. The number of phenolic OH excluding ortho intramolecular Hbond substituents is 1. The van der Waals surface area contributed by atoms with Crippen molar-refractivity contribution in [1.82, 2.24) is 0 Å². The average Bonchev–Trinajstić information content (AvgIpc) is 2.37. The summed E-state index contributed by atoms with van der Waals surface area (Å²) in [5.41, 5.74) is 2.12. The zero-order valence-electron chi connectivity index (χ0n) is 10.4. The quantitative estimate of drug-likeness (QED) is 0.842. The molecule has 3 nitrogen and oxygen atoms in total. The molecule has 2 N–H and O–H groups in total. The SMILES string of the molecule is O=C1CC(c2ccc(F)cc2Cl)c2ccc(O)cc2N1. The maximum absolute atomic E-state index is 13.1. The van der Waals surface area contributed by atoms with Gasteiger partial charge < -0.3 is 10.4 Å². The van der Waals surface area contributed by atoms with E-state index in [0.717, 1.165) is 5.56 Å². The number of hydrogen-bond acceptors (Lipinski definition) is 2. The molecular formula is C15H11ClFNO2. The first-order valence-electron chi connectivity index (χ1n) is 6.12. The van der Waals surface area contributed by atoms with E-state index in [1.54, 1.807) is 18.2 Å². The molecule has 20 heavy (non-hydrogen) atoms. The van der Waals surface area contributed by atoms with Crippen LogP contribution in [-0.4, -0.2) is 11.0 Å². The summed E-state index contributed by atoms with van der Waals surface area (Å²) in [5.74, 6) is -0.735. The Morgan fingerprint density at radius 3 is 2.70 bits per heavy atom. The molecule has 1 unspecified atom stereocenters. The fraction of sp³-hybridized carbons (Fsp3) is 0.133. The third-order valence-corrected chi connectivity index (χ3v) is 3.74. The molecule has 2 aromatic rings. The second kappa shape index (κ2) is 4.80. The molecule has 5 heteroatoms. The predicted molar refractivity (Wildman–Crippen MR) is 74.6 cm³/mol. The molecule has 1 aliphatic heterocycles. The second-order valence-corrected chi connectivity index (χ2v) is 5.15. The first-order chi connectivity index (χ1) is 9.54. The van der Waals surface area contributed by atoms with Crippen molar-refractivity contribution in [2.75, 3.05) is 5.32 Å². The van der Waals surface area contributed by atoms with Gasteiger partial charge in [-0.2, -0.15) is 0 Å². The van der Waals surface area contributed by atoms with Crippen LogP contribution in [0.1, 0.15) is 23.5 Å². The van der Waals surface area contributed by atoms with Crippen LogP contribution >= 0.6 is 11.6 Å². The van der Waals surface area contributed by atoms with Crippen LogP contribution in [0.25, 0.3) is 0 Å². The van der Waals surface area contributed by atoms with Gasteiger partial charge in [-0.25, -0.2) is 4.39 Å². The van der Waals surface area contributed by atoms with Crippen LogP contribution in [-0.2, 0) is 4.79 Å². The molecule has 1 atom stereocenters. The number of phenols is 1. The zero-order chi connectivity index (χ0) is 14.3. The summed E-state index contributed by atoms with van der Waals surface area (Å²) in [6.45, 7) is 0. The topological polar surface area (TPSA) is 49.3 Å². The molecule has 0 aromatic heterocycles. The van der Waals surface area contributed by atoms with Crippen LogP contribution in [0.3, 0.4) is 0 Å². The summed E-state index contributed by atoms with van der Waals surface area (Å²) >= 11 is 6.09. The van der Waals surface area contributed by atoms with Crippen LogP contribution in [0.15, 0.2) is 36.4 Å². The Bertz CT molecular complexity index is 702. The molecule has 0 radical (unpaired) electrons. The van der Waals surface area contributed by atoms with Gasteiger partial charge in [-0.15, -0.1) is 0 Å². The molecule has 1 heterocycles. The van der Waals surface area contributed by atoms with Crippen molar-refractivity contribution in [3.05, 3.63) is 58.4 Å². The molecule has 0 fully saturated rings. The second-order valence-electron chi connectivity index (χ2n) is 4.74. The molecule has 0 bridgehead atoms. The van der Waals surface area contributed by atoms with Gasteiger partial charge in [-0.1, -0.05) is 23.7 Å². The third-order valence-electron chi connectivity index (χ3n) is 3.41. The number of carbonyl (C=O) groups excluding carboxylic acids is 1. The van der Waals surface area contributed by atoms with Crippen molar-refractivity contribution in [2.24, 2.45) is 0 Å². The van der Waals surface area contributed by atoms with Gasteiger partial charge in [0, 0.05) is 29.1 Å². The Labute approximate surface area is 120 Å². The Morgan fingerprint density at radius 2 is 1.95 bits per heavy atom. The fourth-order valence-corrected chi connectivity index (χ4v) is 2.81. The Hall–Kier alpha value is -2.07. The maximum Gasteiger partial charge on any atom is 0.225 e. The highest BCUT2D eigenvalue weighted by Gasteiger charge is 2.28. The number of halogens is 2. The highest BCUT2D eigenvalue weighted by Crippen LogP contribution is 2.40. The highest BCUT2D eigenvalue weighted by atomic mass is 35.5. The lowest BCUT2D eigenvalue weighted by Gasteiger charge is -2.26. The van der Waals surface area contributed by atoms with Gasteiger partial charge in [0.2, 0.25) is 5.91 Å². The normalized spacial score (nSPS) is 17.5. The Morgan fingerprint density at radius 1 is 1.20 bits per heavy atom. The van der Waals surface area contributed by atoms with Gasteiger partial charge in [0.25, 0.3) is 0 Å². The number of benzene rings is 2. The summed E-state index contributed by atoms with van der Waals surface area (Å²) in [6.07, 6.45) is 0.239. The van der Waals surface area contributed by atoms with Crippen LogP contribution in [0, 0.1) is 5.82 Å². The number of carbonyl (C=O) groups is 1. The van der Waals surface area contributed by atoms with Gasteiger partial charge >= 0.3 is 0 Å². The minimum Gasteiger partial charge on any atom is -0.508 e. The smallest absolute Gasteiger partial charge is 0.225 e. The zero-order valence-corrected chi connectivity index (χ0v) is 11.1. The highest BCUT2D eigenvalue weighted by molar-refractivity contribution is 6.31. The van der Waals surface area contributed by atoms with E-state index in [9.17, 15) is 14.3 Å². The molecule has 2 aromatic carbocycles. The Kier molecular flexibility index (Phi) is 3.10. The van der Waals surface area contributed by atoms with Crippen molar-refractivity contribution in [1.29, 1.82) is 0 Å². The number of rotatable bonds is 1. The molecule has 1 amide bonds. The van der Waals surface area contributed by atoms with Crippen LogP contribution in [0.4, 0.5) is 10.1 Å². The molecule has 3 rings (SSSR count). The summed E-state index contributed by atoms with van der Waals surface area (Å²) in [4.78, 5) is 11.8. The van der Waals surface area contributed by atoms with Gasteiger partial charge in [0.05, 0.1) is 0 Å². The van der Waals surface area contributed by atoms with Gasteiger partial charge in [-0.3, -0.25) is 4.79 Å². The summed E-state index contributed by atoms with van der Waals surface area (Å²) < 4.78 is 13.1. The van der Waals surface area contributed by atoms with E-state index in [1.165, 1.54) is 18.2 Å². The molecule has 102 valence electrons. The van der Waals surface area contributed by atoms with E-state index in [2.05, 4.69) is 5.32 Å².